The first-order chi connectivity index (χ1) is 10.1. The topological polar surface area (TPSA) is 43.4 Å². The molecule has 1 rings (SSSR count). The molecule has 0 aromatic carbocycles. The molecule has 3 nitrogen and oxygen atoms in total. The normalized spacial score (nSPS) is 20.5. The number of hydrogen-bond donors (Lipinski definition) is 0. The van der Waals surface area contributed by atoms with Crippen molar-refractivity contribution in [3.05, 3.63) is 36.0 Å². The highest BCUT2D eigenvalue weighted by Gasteiger charge is 2.22. The summed E-state index contributed by atoms with van der Waals surface area (Å²) in [6, 6.07) is 0. The minimum absolute atomic E-state index is 0.0761. The molecule has 0 saturated heterocycles. The molecule has 0 radical (unpaired) electrons. The van der Waals surface area contributed by atoms with Gasteiger partial charge in [-0.2, -0.15) is 0 Å². The Morgan fingerprint density at radius 3 is 2.62 bits per heavy atom. The zero-order valence-corrected chi connectivity index (χ0v) is 13.9. The zero-order valence-electron chi connectivity index (χ0n) is 13.9. The fraction of sp³-hybridized carbons (Fsp3) is 0.556. The van der Waals surface area contributed by atoms with Crippen LogP contribution in [0.25, 0.3) is 0 Å². The predicted molar refractivity (Wildman–Crippen MR) is 87.0 cm³/mol. The van der Waals surface area contributed by atoms with Crippen LogP contribution in [0.3, 0.4) is 0 Å². The van der Waals surface area contributed by atoms with Crippen molar-refractivity contribution in [2.75, 3.05) is 0 Å². The number of hydrogen-bond acceptors (Lipinski definition) is 3. The summed E-state index contributed by atoms with van der Waals surface area (Å²) >= 11 is 0. The van der Waals surface area contributed by atoms with Crippen LogP contribution in [0.5, 0.6) is 0 Å². The largest absolute Gasteiger partial charge is 0.462 e. The highest BCUT2D eigenvalue weighted by Crippen LogP contribution is 2.26. The summed E-state index contributed by atoms with van der Waals surface area (Å²) in [5.74, 6) is -0.0303. The van der Waals surface area contributed by atoms with E-state index in [1.807, 2.05) is 45.9 Å². The number of carbonyl (C=O) groups excluding carboxylic acids is 2. The molecular weight excluding hydrogens is 264 g/mol. The van der Waals surface area contributed by atoms with E-state index in [0.29, 0.717) is 6.42 Å². The Labute approximate surface area is 128 Å². The van der Waals surface area contributed by atoms with Gasteiger partial charge < -0.3 is 4.74 Å². The van der Waals surface area contributed by atoms with Crippen molar-refractivity contribution in [2.45, 2.75) is 60.0 Å². The Hall–Kier alpha value is -1.64. The average molecular weight is 292 g/mol. The third-order valence-electron chi connectivity index (χ3n) is 3.18. The van der Waals surface area contributed by atoms with Gasteiger partial charge in [0.05, 0.1) is 0 Å². The van der Waals surface area contributed by atoms with E-state index >= 15 is 0 Å². The van der Waals surface area contributed by atoms with Crippen LogP contribution in [-0.4, -0.2) is 17.9 Å². The van der Waals surface area contributed by atoms with Crippen molar-refractivity contribution in [1.82, 2.24) is 0 Å². The lowest BCUT2D eigenvalue weighted by molar-refractivity contribution is -0.146. The number of esters is 1. The second-order valence-electron chi connectivity index (χ2n) is 4.67. The first kappa shape index (κ1) is 19.4. The van der Waals surface area contributed by atoms with Gasteiger partial charge in [-0.1, -0.05) is 45.1 Å². The van der Waals surface area contributed by atoms with Crippen LogP contribution in [0.15, 0.2) is 36.0 Å². The summed E-state index contributed by atoms with van der Waals surface area (Å²) in [5, 5.41) is 0. The van der Waals surface area contributed by atoms with Crippen LogP contribution in [-0.2, 0) is 14.3 Å². The van der Waals surface area contributed by atoms with Crippen LogP contribution in [0.4, 0.5) is 0 Å². The number of allylic oxidation sites excluding steroid dienone is 5. The van der Waals surface area contributed by atoms with E-state index in [0.717, 1.165) is 18.4 Å². The van der Waals surface area contributed by atoms with E-state index in [2.05, 4.69) is 6.08 Å². The SMILES string of the molecule is C/C=C\C[C@H]1C=CC(=O)/C1=C/CC(CC)OC(C)=O.CC. The highest BCUT2D eigenvalue weighted by atomic mass is 16.5. The van der Waals surface area contributed by atoms with E-state index < -0.39 is 0 Å². The van der Waals surface area contributed by atoms with Gasteiger partial charge in [0.2, 0.25) is 0 Å². The first-order valence-electron chi connectivity index (χ1n) is 7.79. The lowest BCUT2D eigenvalue weighted by atomic mass is 9.96. The Bertz CT molecular complexity index is 416. The molecular formula is C18H28O3. The third kappa shape index (κ3) is 7.07. The van der Waals surface area contributed by atoms with E-state index in [1.54, 1.807) is 6.08 Å². The van der Waals surface area contributed by atoms with Crippen molar-refractivity contribution in [3.63, 3.8) is 0 Å². The summed E-state index contributed by atoms with van der Waals surface area (Å²) < 4.78 is 5.18. The summed E-state index contributed by atoms with van der Waals surface area (Å²) in [5.41, 5.74) is 0.823. The zero-order chi connectivity index (χ0) is 16.3. The van der Waals surface area contributed by atoms with Crippen LogP contribution in [0.1, 0.15) is 53.9 Å². The Morgan fingerprint density at radius 1 is 1.43 bits per heavy atom. The van der Waals surface area contributed by atoms with E-state index in [-0.39, 0.29) is 23.8 Å². The standard InChI is InChI=1S/C16H22O3.C2H6/c1-4-6-7-13-8-11-16(18)15(13)10-9-14(5-2)19-12(3)17;1-2/h4,6,8,10-11,13-14H,5,7,9H2,1-3H3;1-2H3/b6-4-,15-10+;/t13-,14?;/m0./s1. The molecule has 118 valence electrons. The van der Waals surface area contributed by atoms with Gasteiger partial charge in [-0.3, -0.25) is 9.59 Å². The Kier molecular flexibility index (Phi) is 10.2. The third-order valence-corrected chi connectivity index (χ3v) is 3.18. The molecule has 0 aromatic rings. The van der Waals surface area contributed by atoms with Crippen LogP contribution in [0.2, 0.25) is 0 Å². The Morgan fingerprint density at radius 2 is 2.10 bits per heavy atom. The molecule has 0 saturated carbocycles. The predicted octanol–water partition coefficient (Wildman–Crippen LogP) is 4.39. The maximum Gasteiger partial charge on any atom is 0.302 e. The maximum atomic E-state index is 11.8. The maximum absolute atomic E-state index is 11.8. The van der Waals surface area contributed by atoms with Gasteiger partial charge in [-0.15, -0.1) is 0 Å². The monoisotopic (exact) mass is 292 g/mol. The second kappa shape index (κ2) is 11.1. The van der Waals surface area contributed by atoms with Crippen molar-refractivity contribution in [1.29, 1.82) is 0 Å². The van der Waals surface area contributed by atoms with Crippen molar-refractivity contribution >= 4 is 11.8 Å². The molecule has 0 heterocycles. The van der Waals surface area contributed by atoms with E-state index in [4.69, 9.17) is 4.74 Å². The molecule has 1 aliphatic rings. The molecule has 0 N–H and O–H groups in total. The number of ketones is 1. The van der Waals surface area contributed by atoms with Crippen LogP contribution >= 0.6 is 0 Å². The van der Waals surface area contributed by atoms with Gasteiger partial charge in [0, 0.05) is 24.8 Å². The van der Waals surface area contributed by atoms with Gasteiger partial charge in [-0.05, 0) is 25.8 Å². The molecule has 0 spiro atoms. The van der Waals surface area contributed by atoms with Gasteiger partial charge in [-0.25, -0.2) is 0 Å². The molecule has 0 aliphatic heterocycles. The molecule has 0 fully saturated rings. The fourth-order valence-electron chi connectivity index (χ4n) is 2.12. The molecule has 3 heteroatoms. The van der Waals surface area contributed by atoms with Gasteiger partial charge in [0.15, 0.2) is 5.78 Å². The van der Waals surface area contributed by atoms with E-state index in [9.17, 15) is 9.59 Å². The van der Waals surface area contributed by atoms with Crippen molar-refractivity contribution < 1.29 is 14.3 Å². The quantitative estimate of drug-likeness (QED) is 0.414. The summed E-state index contributed by atoms with van der Waals surface area (Å²) in [6.45, 7) is 9.35. The molecule has 0 bridgehead atoms. The molecule has 0 amide bonds. The fourth-order valence-corrected chi connectivity index (χ4v) is 2.12. The van der Waals surface area contributed by atoms with Crippen molar-refractivity contribution in [3.8, 4) is 0 Å². The average Bonchev–Trinajstić information content (AvgIpc) is 2.83. The van der Waals surface area contributed by atoms with Gasteiger partial charge in [0.1, 0.15) is 6.10 Å². The summed E-state index contributed by atoms with van der Waals surface area (Å²) in [6.07, 6.45) is 11.6. The van der Waals surface area contributed by atoms with Crippen molar-refractivity contribution in [2.24, 2.45) is 5.92 Å². The van der Waals surface area contributed by atoms with Crippen LogP contribution in [0, 0.1) is 5.92 Å². The number of carbonyl (C=O) groups is 2. The minimum Gasteiger partial charge on any atom is -0.462 e. The Balaban J connectivity index is 0.00000191. The smallest absolute Gasteiger partial charge is 0.302 e. The highest BCUT2D eigenvalue weighted by molar-refractivity contribution is 6.07. The van der Waals surface area contributed by atoms with Gasteiger partial charge >= 0.3 is 5.97 Å². The molecule has 1 unspecified atom stereocenters. The lowest BCUT2D eigenvalue weighted by Crippen LogP contribution is -2.15. The summed E-state index contributed by atoms with van der Waals surface area (Å²) in [7, 11) is 0. The molecule has 2 atom stereocenters. The first-order valence-corrected chi connectivity index (χ1v) is 7.79. The summed E-state index contributed by atoms with van der Waals surface area (Å²) in [4.78, 5) is 22.7. The van der Waals surface area contributed by atoms with Gasteiger partial charge in [0.25, 0.3) is 0 Å². The number of rotatable bonds is 6. The molecule has 1 aliphatic carbocycles. The van der Waals surface area contributed by atoms with Crippen LogP contribution < -0.4 is 0 Å². The lowest BCUT2D eigenvalue weighted by Gasteiger charge is -2.14. The second-order valence-corrected chi connectivity index (χ2v) is 4.67. The van der Waals surface area contributed by atoms with E-state index in [1.165, 1.54) is 6.92 Å². The number of ether oxygens (including phenoxy) is 1. The minimum atomic E-state index is -0.272. The molecule has 0 aromatic heterocycles. The molecule has 21 heavy (non-hydrogen) atoms.